The van der Waals surface area contributed by atoms with Crippen molar-refractivity contribution in [2.24, 2.45) is 0 Å². The molecule has 2 aromatic rings. The van der Waals surface area contributed by atoms with E-state index in [0.717, 1.165) is 42.5 Å². The molecule has 3 heterocycles. The van der Waals surface area contributed by atoms with Crippen LogP contribution in [0.2, 0.25) is 0 Å². The van der Waals surface area contributed by atoms with Crippen LogP contribution in [0.4, 0.5) is 10.5 Å². The highest BCUT2D eigenvalue weighted by Gasteiger charge is 2.26. The number of rotatable bonds is 2. The van der Waals surface area contributed by atoms with Gasteiger partial charge >= 0.3 is 6.03 Å². The number of aromatic nitrogens is 1. The molecule has 0 saturated carbocycles. The summed E-state index contributed by atoms with van der Waals surface area (Å²) in [6.45, 7) is 3.62. The van der Waals surface area contributed by atoms with Gasteiger partial charge in [-0.1, -0.05) is 6.07 Å². The SMILES string of the molecule is CC(=O)N1CCC(c2c[nH]c3cc(N4CCC(=O)NC4=O)ccc23)CC1. The van der Waals surface area contributed by atoms with Crippen LogP contribution in [0, 0.1) is 0 Å². The van der Waals surface area contributed by atoms with Gasteiger partial charge in [0.1, 0.15) is 0 Å². The Bertz CT molecular complexity index is 880. The van der Waals surface area contributed by atoms with Crippen molar-refractivity contribution in [3.63, 3.8) is 0 Å². The summed E-state index contributed by atoms with van der Waals surface area (Å²) in [6, 6.07) is 5.56. The molecule has 0 bridgehead atoms. The summed E-state index contributed by atoms with van der Waals surface area (Å²) in [6.07, 6.45) is 4.28. The van der Waals surface area contributed by atoms with E-state index < -0.39 is 0 Å². The van der Waals surface area contributed by atoms with E-state index >= 15 is 0 Å². The first-order chi connectivity index (χ1) is 12.5. The molecule has 0 atom stereocenters. The minimum Gasteiger partial charge on any atom is -0.361 e. The van der Waals surface area contributed by atoms with Crippen LogP contribution >= 0.6 is 0 Å². The lowest BCUT2D eigenvalue weighted by molar-refractivity contribution is -0.129. The Labute approximate surface area is 151 Å². The predicted molar refractivity (Wildman–Crippen MR) is 98.0 cm³/mol. The molecule has 2 fully saturated rings. The summed E-state index contributed by atoms with van der Waals surface area (Å²) in [5.41, 5.74) is 3.03. The summed E-state index contributed by atoms with van der Waals surface area (Å²) >= 11 is 0. The second-order valence-electron chi connectivity index (χ2n) is 7.01. The van der Waals surface area contributed by atoms with Crippen LogP contribution in [0.25, 0.3) is 10.9 Å². The molecule has 26 heavy (non-hydrogen) atoms. The van der Waals surface area contributed by atoms with Crippen LogP contribution in [-0.4, -0.2) is 47.4 Å². The van der Waals surface area contributed by atoms with E-state index in [4.69, 9.17) is 0 Å². The second-order valence-corrected chi connectivity index (χ2v) is 7.01. The molecule has 2 saturated heterocycles. The van der Waals surface area contributed by atoms with E-state index in [-0.39, 0.29) is 17.8 Å². The van der Waals surface area contributed by atoms with Gasteiger partial charge in [-0.05, 0) is 36.5 Å². The molecule has 4 amide bonds. The number of carbonyl (C=O) groups excluding carboxylic acids is 3. The summed E-state index contributed by atoms with van der Waals surface area (Å²) in [5.74, 6) is 0.345. The molecular weight excluding hydrogens is 332 g/mol. The molecular formula is C19H22N4O3. The van der Waals surface area contributed by atoms with Crippen LogP contribution in [0.1, 0.15) is 37.7 Å². The Morgan fingerprint density at radius 3 is 2.62 bits per heavy atom. The van der Waals surface area contributed by atoms with Gasteiger partial charge in [-0.15, -0.1) is 0 Å². The maximum absolute atomic E-state index is 12.0. The largest absolute Gasteiger partial charge is 0.361 e. The Kier molecular flexibility index (Phi) is 4.14. The molecule has 136 valence electrons. The number of benzene rings is 1. The molecule has 0 aliphatic carbocycles. The molecule has 7 nitrogen and oxygen atoms in total. The number of nitrogens with one attached hydrogen (secondary N) is 2. The molecule has 2 N–H and O–H groups in total. The van der Waals surface area contributed by atoms with Crippen LogP contribution in [0.3, 0.4) is 0 Å². The summed E-state index contributed by atoms with van der Waals surface area (Å²) in [7, 11) is 0. The van der Waals surface area contributed by atoms with Crippen molar-refractivity contribution in [2.75, 3.05) is 24.5 Å². The third-order valence-corrected chi connectivity index (χ3v) is 5.44. The average Bonchev–Trinajstić information content (AvgIpc) is 3.05. The molecule has 1 aromatic heterocycles. The number of anilines is 1. The van der Waals surface area contributed by atoms with Crippen molar-refractivity contribution in [1.82, 2.24) is 15.2 Å². The number of nitrogens with zero attached hydrogens (tertiary/aromatic N) is 2. The minimum absolute atomic E-state index is 0.144. The quantitative estimate of drug-likeness (QED) is 0.868. The fourth-order valence-electron chi connectivity index (χ4n) is 3.96. The highest BCUT2D eigenvalue weighted by atomic mass is 16.2. The number of H-pyrrole nitrogens is 1. The Hall–Kier alpha value is -2.83. The zero-order chi connectivity index (χ0) is 18.3. The van der Waals surface area contributed by atoms with Crippen molar-refractivity contribution < 1.29 is 14.4 Å². The number of amides is 4. The summed E-state index contributed by atoms with van der Waals surface area (Å²) in [5, 5.41) is 3.51. The number of fused-ring (bicyclic) bond motifs is 1. The molecule has 0 radical (unpaired) electrons. The van der Waals surface area contributed by atoms with Gasteiger partial charge in [0, 0.05) is 55.8 Å². The van der Waals surface area contributed by atoms with Crippen molar-refractivity contribution in [3.05, 3.63) is 30.0 Å². The first-order valence-electron chi connectivity index (χ1n) is 9.01. The number of hydrogen-bond donors (Lipinski definition) is 2. The smallest absolute Gasteiger partial charge is 0.328 e. The average molecular weight is 354 g/mol. The molecule has 0 unspecified atom stereocenters. The van der Waals surface area contributed by atoms with Gasteiger partial charge in [0.15, 0.2) is 0 Å². The minimum atomic E-state index is -0.371. The topological polar surface area (TPSA) is 85.5 Å². The first kappa shape index (κ1) is 16.6. The second kappa shape index (κ2) is 6.48. The molecule has 0 spiro atoms. The lowest BCUT2D eigenvalue weighted by atomic mass is 9.89. The van der Waals surface area contributed by atoms with Crippen LogP contribution < -0.4 is 10.2 Å². The van der Waals surface area contributed by atoms with E-state index in [1.54, 1.807) is 11.8 Å². The third-order valence-electron chi connectivity index (χ3n) is 5.44. The summed E-state index contributed by atoms with van der Waals surface area (Å²) < 4.78 is 0. The van der Waals surface area contributed by atoms with E-state index in [1.165, 1.54) is 5.56 Å². The highest BCUT2D eigenvalue weighted by Crippen LogP contribution is 2.34. The third kappa shape index (κ3) is 2.94. The van der Waals surface area contributed by atoms with Gasteiger partial charge in [0.25, 0.3) is 0 Å². The van der Waals surface area contributed by atoms with Gasteiger partial charge in [-0.25, -0.2) is 4.79 Å². The van der Waals surface area contributed by atoms with Gasteiger partial charge in [0.05, 0.1) is 0 Å². The standard InChI is InChI=1S/C19H22N4O3/c1-12(24)22-7-4-13(5-8-22)16-11-20-17-10-14(2-3-15(16)17)23-9-6-18(25)21-19(23)26/h2-3,10-11,13,20H,4-9H2,1H3,(H,21,25,26). The fraction of sp³-hybridized carbons (Fsp3) is 0.421. The van der Waals surface area contributed by atoms with Gasteiger partial charge in [-0.3, -0.25) is 19.8 Å². The van der Waals surface area contributed by atoms with Crippen molar-refractivity contribution >= 4 is 34.4 Å². The lowest BCUT2D eigenvalue weighted by Gasteiger charge is -2.31. The Morgan fingerprint density at radius 2 is 1.92 bits per heavy atom. The molecule has 2 aliphatic rings. The van der Waals surface area contributed by atoms with Gasteiger partial charge in [0.2, 0.25) is 11.8 Å². The number of carbonyl (C=O) groups is 3. The fourth-order valence-corrected chi connectivity index (χ4v) is 3.96. The monoisotopic (exact) mass is 354 g/mol. The summed E-state index contributed by atoms with van der Waals surface area (Å²) in [4.78, 5) is 41.7. The van der Waals surface area contributed by atoms with Crippen LogP contribution in [0.15, 0.2) is 24.4 Å². The van der Waals surface area contributed by atoms with E-state index in [9.17, 15) is 14.4 Å². The van der Waals surface area contributed by atoms with Crippen molar-refractivity contribution in [1.29, 1.82) is 0 Å². The Balaban J connectivity index is 1.56. The molecule has 2 aliphatic heterocycles. The maximum atomic E-state index is 12.0. The lowest BCUT2D eigenvalue weighted by Crippen LogP contribution is -2.49. The number of imide groups is 1. The van der Waals surface area contributed by atoms with E-state index in [0.29, 0.717) is 18.9 Å². The number of aromatic amines is 1. The first-order valence-corrected chi connectivity index (χ1v) is 9.01. The zero-order valence-electron chi connectivity index (χ0n) is 14.7. The predicted octanol–water partition coefficient (Wildman–Crippen LogP) is 2.34. The molecule has 1 aromatic carbocycles. The van der Waals surface area contributed by atoms with Gasteiger partial charge < -0.3 is 9.88 Å². The molecule has 7 heteroatoms. The van der Waals surface area contributed by atoms with Crippen molar-refractivity contribution in [2.45, 2.75) is 32.1 Å². The van der Waals surface area contributed by atoms with E-state index in [2.05, 4.69) is 10.3 Å². The van der Waals surface area contributed by atoms with Gasteiger partial charge in [-0.2, -0.15) is 0 Å². The zero-order valence-corrected chi connectivity index (χ0v) is 14.7. The normalized spacial score (nSPS) is 19.1. The van der Waals surface area contributed by atoms with Crippen molar-refractivity contribution in [3.8, 4) is 0 Å². The number of hydrogen-bond acceptors (Lipinski definition) is 3. The maximum Gasteiger partial charge on any atom is 0.328 e. The Morgan fingerprint density at radius 1 is 1.15 bits per heavy atom. The van der Waals surface area contributed by atoms with Crippen LogP contribution in [0.5, 0.6) is 0 Å². The van der Waals surface area contributed by atoms with Crippen LogP contribution in [-0.2, 0) is 9.59 Å². The number of likely N-dealkylation sites (tertiary alicyclic amines) is 1. The molecule has 4 rings (SSSR count). The number of urea groups is 1. The highest BCUT2D eigenvalue weighted by molar-refractivity contribution is 6.06. The van der Waals surface area contributed by atoms with E-state index in [1.807, 2.05) is 29.3 Å². The number of piperidine rings is 1.